The lowest BCUT2D eigenvalue weighted by Gasteiger charge is -2.01. The van der Waals surface area contributed by atoms with Gasteiger partial charge in [-0.3, -0.25) is 4.68 Å². The minimum atomic E-state index is -0.208. The lowest BCUT2D eigenvalue weighted by atomic mass is 10.1. The zero-order valence-corrected chi connectivity index (χ0v) is 11.1. The Morgan fingerprint density at radius 2 is 2.18 bits per heavy atom. The van der Waals surface area contributed by atoms with E-state index >= 15 is 0 Å². The van der Waals surface area contributed by atoms with Gasteiger partial charge < -0.3 is 0 Å². The molecule has 0 atom stereocenters. The lowest BCUT2D eigenvalue weighted by Crippen LogP contribution is -1.94. The van der Waals surface area contributed by atoms with Crippen molar-refractivity contribution >= 4 is 15.9 Å². The maximum absolute atomic E-state index is 13.4. The van der Waals surface area contributed by atoms with Crippen LogP contribution in [0.5, 0.6) is 0 Å². The van der Waals surface area contributed by atoms with Crippen molar-refractivity contribution in [1.29, 1.82) is 0 Å². The molecule has 1 aliphatic rings. The van der Waals surface area contributed by atoms with Crippen LogP contribution in [0.1, 0.15) is 17.7 Å². The summed E-state index contributed by atoms with van der Waals surface area (Å²) in [6.07, 6.45) is 2.19. The Morgan fingerprint density at radius 3 is 2.88 bits per heavy atom. The van der Waals surface area contributed by atoms with E-state index in [0.29, 0.717) is 0 Å². The largest absolute Gasteiger partial charge is 0.268 e. The molecule has 0 unspecified atom stereocenters. The van der Waals surface area contributed by atoms with Crippen molar-refractivity contribution in [1.82, 2.24) is 9.78 Å². The summed E-state index contributed by atoms with van der Waals surface area (Å²) in [5.41, 5.74) is 3.83. The molecule has 0 saturated carbocycles. The summed E-state index contributed by atoms with van der Waals surface area (Å²) in [4.78, 5) is 0. The summed E-state index contributed by atoms with van der Waals surface area (Å²) in [5, 5.41) is 4.55. The lowest BCUT2D eigenvalue weighted by molar-refractivity contribution is 0.626. The number of aromatic nitrogens is 2. The minimum Gasteiger partial charge on any atom is -0.268 e. The molecule has 17 heavy (non-hydrogen) atoms. The van der Waals surface area contributed by atoms with Crippen molar-refractivity contribution in [3.63, 3.8) is 0 Å². The molecule has 3 rings (SSSR count). The second-order valence-electron chi connectivity index (χ2n) is 4.45. The van der Waals surface area contributed by atoms with Crippen molar-refractivity contribution in [2.24, 2.45) is 0 Å². The van der Waals surface area contributed by atoms with Gasteiger partial charge in [-0.1, -0.05) is 0 Å². The third kappa shape index (κ3) is 1.80. The highest BCUT2D eigenvalue weighted by molar-refractivity contribution is 9.10. The van der Waals surface area contributed by atoms with Gasteiger partial charge >= 0.3 is 0 Å². The molecular formula is C13H12BrFN2. The zero-order valence-electron chi connectivity index (χ0n) is 9.50. The number of hydrogen-bond donors (Lipinski definition) is 0. The van der Waals surface area contributed by atoms with Crippen LogP contribution < -0.4 is 0 Å². The first-order chi connectivity index (χ1) is 8.15. The van der Waals surface area contributed by atoms with Gasteiger partial charge in [0, 0.05) is 12.1 Å². The number of hydrogen-bond acceptors (Lipinski definition) is 1. The van der Waals surface area contributed by atoms with Crippen LogP contribution >= 0.6 is 15.9 Å². The van der Waals surface area contributed by atoms with Gasteiger partial charge in [0.15, 0.2) is 0 Å². The van der Waals surface area contributed by atoms with E-state index in [1.165, 1.54) is 17.8 Å². The van der Waals surface area contributed by atoms with Crippen LogP contribution in [0.4, 0.5) is 4.39 Å². The third-order valence-electron chi connectivity index (χ3n) is 3.09. The van der Waals surface area contributed by atoms with Crippen LogP contribution in [-0.4, -0.2) is 9.78 Å². The molecular weight excluding hydrogens is 283 g/mol. The standard InChI is InChI=1S/C13H12BrFN2/c1-8-5-9(7-10(15)6-8)13-12(14)11-3-2-4-17(11)16-13/h5-7H,2-4H2,1H3. The van der Waals surface area contributed by atoms with Gasteiger partial charge in [0.2, 0.25) is 0 Å². The summed E-state index contributed by atoms with van der Waals surface area (Å²) in [6.45, 7) is 2.85. The predicted molar refractivity (Wildman–Crippen MR) is 68.4 cm³/mol. The Balaban J connectivity index is 2.15. The van der Waals surface area contributed by atoms with Crippen LogP contribution in [0.2, 0.25) is 0 Å². The first-order valence-corrected chi connectivity index (χ1v) is 6.47. The van der Waals surface area contributed by atoms with E-state index in [1.54, 1.807) is 0 Å². The van der Waals surface area contributed by atoms with Crippen LogP contribution in [0.15, 0.2) is 22.7 Å². The fraction of sp³-hybridized carbons (Fsp3) is 0.308. The molecule has 0 amide bonds. The van der Waals surface area contributed by atoms with Crippen molar-refractivity contribution < 1.29 is 4.39 Å². The SMILES string of the molecule is Cc1cc(F)cc(-c2nn3c(c2Br)CCC3)c1. The number of benzene rings is 1. The highest BCUT2D eigenvalue weighted by Crippen LogP contribution is 2.34. The normalized spacial score (nSPS) is 14.1. The summed E-state index contributed by atoms with van der Waals surface area (Å²) < 4.78 is 16.4. The van der Waals surface area contributed by atoms with E-state index in [0.717, 1.165) is 40.7 Å². The van der Waals surface area contributed by atoms with Gasteiger partial charge in [0.05, 0.1) is 10.2 Å². The Hall–Kier alpha value is -1.16. The van der Waals surface area contributed by atoms with Crippen molar-refractivity contribution in [2.75, 3.05) is 0 Å². The van der Waals surface area contributed by atoms with Gasteiger partial charge in [-0.05, 0) is 59.5 Å². The van der Waals surface area contributed by atoms with E-state index in [4.69, 9.17) is 0 Å². The summed E-state index contributed by atoms with van der Waals surface area (Å²) >= 11 is 3.58. The quantitative estimate of drug-likeness (QED) is 0.784. The number of halogens is 2. The molecule has 0 radical (unpaired) electrons. The molecule has 4 heteroatoms. The van der Waals surface area contributed by atoms with Crippen molar-refractivity contribution in [3.8, 4) is 11.3 Å². The molecule has 1 aromatic heterocycles. The molecule has 1 aliphatic heterocycles. The molecule has 2 aromatic rings. The smallest absolute Gasteiger partial charge is 0.124 e. The first kappa shape index (κ1) is 11.0. The van der Waals surface area contributed by atoms with Crippen LogP contribution in [0.3, 0.4) is 0 Å². The Bertz CT molecular complexity index is 569. The van der Waals surface area contributed by atoms with Gasteiger partial charge in [-0.2, -0.15) is 5.10 Å². The number of nitrogens with zero attached hydrogens (tertiary/aromatic N) is 2. The van der Waals surface area contributed by atoms with E-state index in [2.05, 4.69) is 21.0 Å². The molecule has 0 aliphatic carbocycles. The van der Waals surface area contributed by atoms with E-state index < -0.39 is 0 Å². The van der Waals surface area contributed by atoms with Gasteiger partial charge in [0.1, 0.15) is 11.5 Å². The predicted octanol–water partition coefficient (Wildman–Crippen LogP) is 3.71. The van der Waals surface area contributed by atoms with E-state index in [-0.39, 0.29) is 5.82 Å². The number of aryl methyl sites for hydroxylation is 2. The Labute approximate surface area is 108 Å². The molecule has 0 N–H and O–H groups in total. The first-order valence-electron chi connectivity index (χ1n) is 5.68. The molecule has 0 saturated heterocycles. The van der Waals surface area contributed by atoms with Crippen LogP contribution in [-0.2, 0) is 13.0 Å². The maximum atomic E-state index is 13.4. The van der Waals surface area contributed by atoms with Crippen molar-refractivity contribution in [3.05, 3.63) is 39.7 Å². The highest BCUT2D eigenvalue weighted by Gasteiger charge is 2.21. The molecule has 1 aromatic carbocycles. The third-order valence-corrected chi connectivity index (χ3v) is 3.93. The average molecular weight is 295 g/mol. The topological polar surface area (TPSA) is 17.8 Å². The Morgan fingerprint density at radius 1 is 1.35 bits per heavy atom. The summed E-state index contributed by atoms with van der Waals surface area (Å²) in [6, 6.07) is 5.03. The summed E-state index contributed by atoms with van der Waals surface area (Å²) in [5.74, 6) is -0.208. The van der Waals surface area contributed by atoms with Crippen LogP contribution in [0.25, 0.3) is 11.3 Å². The molecule has 0 spiro atoms. The van der Waals surface area contributed by atoms with E-state index in [1.807, 2.05) is 17.7 Å². The zero-order chi connectivity index (χ0) is 12.0. The van der Waals surface area contributed by atoms with Crippen molar-refractivity contribution in [2.45, 2.75) is 26.3 Å². The fourth-order valence-corrected chi connectivity index (χ4v) is 3.06. The summed E-state index contributed by atoms with van der Waals surface area (Å²) in [7, 11) is 0. The van der Waals surface area contributed by atoms with Gasteiger partial charge in [-0.15, -0.1) is 0 Å². The Kier molecular flexibility index (Phi) is 2.54. The van der Waals surface area contributed by atoms with Gasteiger partial charge in [-0.25, -0.2) is 4.39 Å². The fourth-order valence-electron chi connectivity index (χ4n) is 2.35. The number of fused-ring (bicyclic) bond motifs is 1. The highest BCUT2D eigenvalue weighted by atomic mass is 79.9. The maximum Gasteiger partial charge on any atom is 0.124 e. The second kappa shape index (κ2) is 3.95. The second-order valence-corrected chi connectivity index (χ2v) is 5.25. The molecule has 88 valence electrons. The van der Waals surface area contributed by atoms with Gasteiger partial charge in [0.25, 0.3) is 0 Å². The molecule has 2 nitrogen and oxygen atoms in total. The monoisotopic (exact) mass is 294 g/mol. The minimum absolute atomic E-state index is 0.208. The average Bonchev–Trinajstić information content (AvgIpc) is 2.80. The molecule has 2 heterocycles. The van der Waals surface area contributed by atoms with Crippen LogP contribution in [0, 0.1) is 12.7 Å². The van der Waals surface area contributed by atoms with E-state index in [9.17, 15) is 4.39 Å². The number of rotatable bonds is 1. The molecule has 0 bridgehead atoms. The molecule has 0 fully saturated rings.